The van der Waals surface area contributed by atoms with E-state index in [2.05, 4.69) is 60.7 Å². The van der Waals surface area contributed by atoms with Gasteiger partial charge in [0.1, 0.15) is 0 Å². The topological polar surface area (TPSA) is 0 Å². The summed E-state index contributed by atoms with van der Waals surface area (Å²) in [6, 6.07) is 21.7. The molecular weight excluding hydrogens is 254 g/mol. The van der Waals surface area contributed by atoms with Crippen molar-refractivity contribution in [2.75, 3.05) is 12.3 Å². The van der Waals surface area contributed by atoms with Crippen LogP contribution in [0.15, 0.2) is 60.7 Å². The molecule has 0 aliphatic carbocycles. The number of hydrogen-bond acceptors (Lipinski definition) is 0. The van der Waals surface area contributed by atoms with Gasteiger partial charge in [0.2, 0.25) is 0 Å². The molecule has 2 aromatic carbocycles. The van der Waals surface area contributed by atoms with Crippen LogP contribution in [0.1, 0.15) is 11.1 Å². The Morgan fingerprint density at radius 2 is 0.944 bits per heavy atom. The standard InChI is InChI=1S/C16H20P2/c1-3-7-15(8-4-1)11-13-17-18-14-12-16-9-5-2-6-10-16/h1-10,17-18H,11-14H2. The van der Waals surface area contributed by atoms with Crippen molar-refractivity contribution >= 4 is 16.5 Å². The zero-order chi connectivity index (χ0) is 12.5. The Hall–Kier alpha value is -0.700. The van der Waals surface area contributed by atoms with Gasteiger partial charge in [-0.05, 0) is 36.3 Å². The van der Waals surface area contributed by atoms with Crippen molar-refractivity contribution in [2.24, 2.45) is 0 Å². The summed E-state index contributed by atoms with van der Waals surface area (Å²) in [5.41, 5.74) is 2.97. The maximum absolute atomic E-state index is 2.23. The fraction of sp³-hybridized carbons (Fsp3) is 0.250. The number of aryl methyl sites for hydroxylation is 2. The predicted molar refractivity (Wildman–Crippen MR) is 86.7 cm³/mol. The number of hydrogen-bond donors (Lipinski definition) is 0. The van der Waals surface area contributed by atoms with Gasteiger partial charge in [-0.15, -0.1) is 0 Å². The van der Waals surface area contributed by atoms with Crippen molar-refractivity contribution in [3.63, 3.8) is 0 Å². The van der Waals surface area contributed by atoms with E-state index in [4.69, 9.17) is 0 Å². The molecule has 0 aliphatic heterocycles. The first-order chi connectivity index (χ1) is 8.95. The molecule has 94 valence electrons. The summed E-state index contributed by atoms with van der Waals surface area (Å²) in [7, 11) is 2.27. The third-order valence-electron chi connectivity index (χ3n) is 2.89. The van der Waals surface area contributed by atoms with Crippen LogP contribution in [0, 0.1) is 0 Å². The van der Waals surface area contributed by atoms with Gasteiger partial charge in [0.15, 0.2) is 0 Å². The van der Waals surface area contributed by atoms with Crippen molar-refractivity contribution in [3.8, 4) is 0 Å². The maximum Gasteiger partial charge on any atom is -0.0239 e. The molecule has 0 fully saturated rings. The highest BCUT2D eigenvalue weighted by Gasteiger charge is 1.94. The van der Waals surface area contributed by atoms with E-state index in [1.54, 1.807) is 0 Å². The molecule has 2 unspecified atom stereocenters. The van der Waals surface area contributed by atoms with Crippen molar-refractivity contribution in [3.05, 3.63) is 71.8 Å². The van der Waals surface area contributed by atoms with Gasteiger partial charge in [-0.2, -0.15) is 0 Å². The number of benzene rings is 2. The minimum Gasteiger partial charge on any atom is -0.0989 e. The van der Waals surface area contributed by atoms with Crippen molar-refractivity contribution in [1.29, 1.82) is 0 Å². The lowest BCUT2D eigenvalue weighted by atomic mass is 10.2. The first kappa shape index (κ1) is 13.7. The first-order valence-electron chi connectivity index (χ1n) is 6.49. The fourth-order valence-corrected chi connectivity index (χ4v) is 4.87. The molecule has 0 bridgehead atoms. The fourth-order valence-electron chi connectivity index (χ4n) is 1.88. The van der Waals surface area contributed by atoms with Crippen LogP contribution in [0.3, 0.4) is 0 Å². The lowest BCUT2D eigenvalue weighted by Gasteiger charge is -2.03. The molecule has 2 atom stereocenters. The quantitative estimate of drug-likeness (QED) is 0.505. The van der Waals surface area contributed by atoms with Crippen LogP contribution < -0.4 is 0 Å². The SMILES string of the molecule is c1ccc(CCPPCCc2ccccc2)cc1. The van der Waals surface area contributed by atoms with E-state index in [0.717, 1.165) is 16.5 Å². The van der Waals surface area contributed by atoms with Crippen molar-refractivity contribution in [2.45, 2.75) is 12.8 Å². The smallest absolute Gasteiger partial charge is 0.0239 e. The highest BCUT2D eigenvalue weighted by molar-refractivity contribution is 8.11. The van der Waals surface area contributed by atoms with E-state index in [0.29, 0.717) is 0 Å². The monoisotopic (exact) mass is 274 g/mol. The average molecular weight is 274 g/mol. The third kappa shape index (κ3) is 5.30. The Balaban J connectivity index is 1.54. The van der Waals surface area contributed by atoms with Crippen LogP contribution in [0.4, 0.5) is 0 Å². The first-order valence-corrected chi connectivity index (χ1v) is 9.90. The van der Waals surface area contributed by atoms with Crippen LogP contribution >= 0.6 is 16.5 Å². The molecule has 0 saturated carbocycles. The highest BCUT2D eigenvalue weighted by Crippen LogP contribution is 2.37. The molecule has 18 heavy (non-hydrogen) atoms. The second-order valence-corrected chi connectivity index (χ2v) is 8.15. The summed E-state index contributed by atoms with van der Waals surface area (Å²) >= 11 is 0. The number of rotatable bonds is 7. The summed E-state index contributed by atoms with van der Waals surface area (Å²) in [6.07, 6.45) is 5.21. The molecule has 2 rings (SSSR count). The summed E-state index contributed by atoms with van der Waals surface area (Å²) in [4.78, 5) is 0. The van der Waals surface area contributed by atoms with E-state index in [1.807, 2.05) is 0 Å². The Bertz CT molecular complexity index is 382. The molecular formula is C16H20P2. The molecule has 0 radical (unpaired) electrons. The Morgan fingerprint density at radius 3 is 1.33 bits per heavy atom. The van der Waals surface area contributed by atoms with Gasteiger partial charge in [-0.25, -0.2) is 0 Å². The van der Waals surface area contributed by atoms with E-state index in [-0.39, 0.29) is 0 Å². The predicted octanol–water partition coefficient (Wildman–Crippen LogP) is 4.74. The molecule has 0 spiro atoms. The second kappa shape index (κ2) is 8.41. The molecule has 2 heteroatoms. The van der Waals surface area contributed by atoms with E-state index >= 15 is 0 Å². The minimum absolute atomic E-state index is 1.14. The van der Waals surface area contributed by atoms with Crippen LogP contribution in [0.25, 0.3) is 0 Å². The lowest BCUT2D eigenvalue weighted by molar-refractivity contribution is 1.15. The maximum atomic E-state index is 2.23. The van der Waals surface area contributed by atoms with E-state index in [1.165, 1.54) is 36.3 Å². The van der Waals surface area contributed by atoms with Crippen molar-refractivity contribution < 1.29 is 0 Å². The Kier molecular flexibility index (Phi) is 6.41. The van der Waals surface area contributed by atoms with Gasteiger partial charge in [0.05, 0.1) is 0 Å². The molecule has 0 aromatic heterocycles. The van der Waals surface area contributed by atoms with E-state index < -0.39 is 0 Å². The summed E-state index contributed by atoms with van der Waals surface area (Å²) < 4.78 is 0. The van der Waals surface area contributed by atoms with Gasteiger partial charge in [-0.1, -0.05) is 77.2 Å². The second-order valence-electron chi connectivity index (χ2n) is 4.32. The Labute approximate surface area is 114 Å². The van der Waals surface area contributed by atoms with Crippen LogP contribution in [0.5, 0.6) is 0 Å². The molecule has 0 amide bonds. The van der Waals surface area contributed by atoms with Crippen LogP contribution in [-0.4, -0.2) is 12.3 Å². The average Bonchev–Trinajstić information content (AvgIpc) is 2.45. The summed E-state index contributed by atoms with van der Waals surface area (Å²) in [6.45, 7) is 0. The zero-order valence-electron chi connectivity index (χ0n) is 10.6. The van der Waals surface area contributed by atoms with Gasteiger partial charge in [0.25, 0.3) is 0 Å². The molecule has 0 heterocycles. The molecule has 0 saturated heterocycles. The summed E-state index contributed by atoms with van der Waals surface area (Å²) in [5, 5.41) is 0. The van der Waals surface area contributed by atoms with Gasteiger partial charge < -0.3 is 0 Å². The molecule has 0 aliphatic rings. The molecule has 2 aromatic rings. The van der Waals surface area contributed by atoms with E-state index in [9.17, 15) is 0 Å². The zero-order valence-corrected chi connectivity index (χ0v) is 12.6. The third-order valence-corrected chi connectivity index (χ3v) is 6.39. The minimum atomic E-state index is 1.14. The van der Waals surface area contributed by atoms with Crippen molar-refractivity contribution in [1.82, 2.24) is 0 Å². The highest BCUT2D eigenvalue weighted by atomic mass is 32.0. The van der Waals surface area contributed by atoms with Gasteiger partial charge >= 0.3 is 0 Å². The van der Waals surface area contributed by atoms with Gasteiger partial charge in [-0.3, -0.25) is 0 Å². The van der Waals surface area contributed by atoms with Gasteiger partial charge in [0, 0.05) is 0 Å². The normalized spacial score (nSPS) is 11.8. The molecule has 0 N–H and O–H groups in total. The summed E-state index contributed by atoms with van der Waals surface area (Å²) in [5.74, 6) is 0. The van der Waals surface area contributed by atoms with Crippen LogP contribution in [0.2, 0.25) is 0 Å². The van der Waals surface area contributed by atoms with Crippen LogP contribution in [-0.2, 0) is 12.8 Å². The Morgan fingerprint density at radius 1 is 0.556 bits per heavy atom. The largest absolute Gasteiger partial charge is 0.0989 e. The molecule has 0 nitrogen and oxygen atoms in total. The lowest BCUT2D eigenvalue weighted by Crippen LogP contribution is -1.86.